The van der Waals surface area contributed by atoms with Gasteiger partial charge in [0, 0.05) is 25.2 Å². The number of rotatable bonds is 9. The van der Waals surface area contributed by atoms with Crippen LogP contribution in [0.1, 0.15) is 22.8 Å². The Kier molecular flexibility index (Phi) is 6.64. The topological polar surface area (TPSA) is 109 Å². The normalized spacial score (nSPS) is 10.8. The molecule has 0 atom stereocenters. The molecule has 0 saturated carbocycles. The van der Waals surface area contributed by atoms with Gasteiger partial charge in [0.05, 0.1) is 19.8 Å². The van der Waals surface area contributed by atoms with Crippen LogP contribution in [0.4, 0.5) is 0 Å². The molecule has 2 heterocycles. The summed E-state index contributed by atoms with van der Waals surface area (Å²) in [5.74, 6) is 0.401. The maximum atomic E-state index is 12.1. The van der Waals surface area contributed by atoms with Gasteiger partial charge < -0.3 is 14.0 Å². The van der Waals surface area contributed by atoms with E-state index in [-0.39, 0.29) is 24.4 Å². The van der Waals surface area contributed by atoms with Crippen molar-refractivity contribution in [3.05, 3.63) is 64.4 Å². The van der Waals surface area contributed by atoms with Gasteiger partial charge in [0.2, 0.25) is 11.7 Å². The summed E-state index contributed by atoms with van der Waals surface area (Å²) in [5.41, 5.74) is 0.637. The first kappa shape index (κ1) is 19.4. The maximum Gasteiger partial charge on any atom is 0.358 e. The number of methoxy groups -OCH3 is 1. The molecule has 0 unspecified atom stereocenters. The van der Waals surface area contributed by atoms with E-state index in [0.29, 0.717) is 31.2 Å². The smallest absolute Gasteiger partial charge is 0.358 e. The van der Waals surface area contributed by atoms with Crippen molar-refractivity contribution in [3.63, 3.8) is 0 Å². The second-order valence-electron chi connectivity index (χ2n) is 5.89. The molecule has 0 saturated heterocycles. The highest BCUT2D eigenvalue weighted by Crippen LogP contribution is 2.15. The number of nitrogens with zero attached hydrogens (tertiary/aromatic N) is 4. The Bertz CT molecular complexity index is 968. The van der Waals surface area contributed by atoms with Crippen LogP contribution >= 0.6 is 0 Å². The zero-order chi connectivity index (χ0) is 19.8. The highest BCUT2D eigenvalue weighted by Gasteiger charge is 2.12. The number of esters is 1. The minimum Gasteiger partial charge on any atom is -0.461 e. The number of hydrogen-bond donors (Lipinski definition) is 0. The van der Waals surface area contributed by atoms with E-state index in [1.54, 1.807) is 0 Å². The van der Waals surface area contributed by atoms with Gasteiger partial charge in [0.15, 0.2) is 5.69 Å². The monoisotopic (exact) mass is 384 g/mol. The summed E-state index contributed by atoms with van der Waals surface area (Å²) in [4.78, 5) is 28.1. The Morgan fingerprint density at radius 3 is 2.75 bits per heavy atom. The van der Waals surface area contributed by atoms with Crippen LogP contribution in [0, 0.1) is 0 Å². The SMILES string of the molecule is COCCn1nc(C(=O)OCCCc2nc(-c3ccccc3)no2)ccc1=O. The van der Waals surface area contributed by atoms with E-state index in [2.05, 4.69) is 15.2 Å². The van der Waals surface area contributed by atoms with Crippen LogP contribution in [0.25, 0.3) is 11.4 Å². The molecule has 2 aromatic heterocycles. The van der Waals surface area contributed by atoms with Gasteiger partial charge in [-0.3, -0.25) is 4.79 Å². The highest BCUT2D eigenvalue weighted by atomic mass is 16.5. The minimum absolute atomic E-state index is 0.0693. The molecular weight excluding hydrogens is 364 g/mol. The van der Waals surface area contributed by atoms with E-state index in [1.807, 2.05) is 30.3 Å². The summed E-state index contributed by atoms with van der Waals surface area (Å²) in [5, 5.41) is 7.94. The van der Waals surface area contributed by atoms with E-state index in [1.165, 1.54) is 23.9 Å². The number of carbonyl (C=O) groups is 1. The van der Waals surface area contributed by atoms with Gasteiger partial charge in [0.25, 0.3) is 5.56 Å². The summed E-state index contributed by atoms with van der Waals surface area (Å²) in [6.45, 7) is 0.749. The van der Waals surface area contributed by atoms with Crippen molar-refractivity contribution in [3.8, 4) is 11.4 Å². The zero-order valence-corrected chi connectivity index (χ0v) is 15.4. The molecule has 0 fully saturated rings. The van der Waals surface area contributed by atoms with Gasteiger partial charge in [-0.15, -0.1) is 0 Å². The van der Waals surface area contributed by atoms with E-state index in [0.717, 1.165) is 5.56 Å². The maximum absolute atomic E-state index is 12.1. The van der Waals surface area contributed by atoms with Gasteiger partial charge in [-0.2, -0.15) is 10.1 Å². The Morgan fingerprint density at radius 2 is 1.96 bits per heavy atom. The van der Waals surface area contributed by atoms with Gasteiger partial charge in [-0.05, 0) is 12.5 Å². The molecule has 0 spiro atoms. The Hall–Kier alpha value is -3.33. The number of benzene rings is 1. The fraction of sp³-hybridized carbons (Fsp3) is 0.316. The van der Waals surface area contributed by atoms with Crippen molar-refractivity contribution in [1.82, 2.24) is 19.9 Å². The third kappa shape index (κ3) is 5.10. The molecule has 146 valence electrons. The lowest BCUT2D eigenvalue weighted by molar-refractivity contribution is 0.0487. The Balaban J connectivity index is 1.48. The Labute approximate surface area is 160 Å². The quantitative estimate of drug-likeness (QED) is 0.405. The first-order valence-electron chi connectivity index (χ1n) is 8.79. The second kappa shape index (κ2) is 9.56. The van der Waals surface area contributed by atoms with Crippen molar-refractivity contribution in [1.29, 1.82) is 0 Å². The summed E-state index contributed by atoms with van der Waals surface area (Å²) in [6.07, 6.45) is 0.999. The fourth-order valence-electron chi connectivity index (χ4n) is 2.42. The molecule has 1 aromatic carbocycles. The van der Waals surface area contributed by atoms with Crippen molar-refractivity contribution < 1.29 is 18.8 Å². The van der Waals surface area contributed by atoms with Crippen LogP contribution < -0.4 is 5.56 Å². The van der Waals surface area contributed by atoms with Gasteiger partial charge >= 0.3 is 5.97 Å². The zero-order valence-electron chi connectivity index (χ0n) is 15.4. The number of aryl methyl sites for hydroxylation is 1. The first-order valence-corrected chi connectivity index (χ1v) is 8.79. The molecule has 3 rings (SSSR count). The van der Waals surface area contributed by atoms with Crippen LogP contribution in [0.15, 0.2) is 51.8 Å². The lowest BCUT2D eigenvalue weighted by Gasteiger charge is -2.06. The van der Waals surface area contributed by atoms with Gasteiger partial charge in [-0.1, -0.05) is 35.5 Å². The number of carbonyl (C=O) groups excluding carboxylic acids is 1. The van der Waals surface area contributed by atoms with Crippen LogP contribution in [0.3, 0.4) is 0 Å². The minimum atomic E-state index is -0.596. The predicted octanol–water partition coefficient (Wildman–Crippen LogP) is 1.73. The molecule has 0 aliphatic carbocycles. The van der Waals surface area contributed by atoms with E-state index in [9.17, 15) is 9.59 Å². The van der Waals surface area contributed by atoms with E-state index in [4.69, 9.17) is 14.0 Å². The largest absolute Gasteiger partial charge is 0.461 e. The number of aromatic nitrogens is 4. The van der Waals surface area contributed by atoms with Crippen LogP contribution in [-0.2, 0) is 22.4 Å². The lowest BCUT2D eigenvalue weighted by Crippen LogP contribution is -2.26. The summed E-state index contributed by atoms with van der Waals surface area (Å²) in [6, 6.07) is 12.1. The fourth-order valence-corrected chi connectivity index (χ4v) is 2.42. The van der Waals surface area contributed by atoms with Crippen LogP contribution in [0.5, 0.6) is 0 Å². The van der Waals surface area contributed by atoms with Crippen molar-refractivity contribution in [2.24, 2.45) is 0 Å². The average Bonchev–Trinajstić information content (AvgIpc) is 3.20. The molecule has 28 heavy (non-hydrogen) atoms. The van der Waals surface area contributed by atoms with E-state index >= 15 is 0 Å². The molecule has 0 amide bonds. The number of ether oxygens (including phenoxy) is 2. The van der Waals surface area contributed by atoms with E-state index < -0.39 is 5.97 Å². The summed E-state index contributed by atoms with van der Waals surface area (Å²) < 4.78 is 16.5. The third-order valence-electron chi connectivity index (χ3n) is 3.85. The van der Waals surface area contributed by atoms with Crippen molar-refractivity contribution in [2.45, 2.75) is 19.4 Å². The molecule has 0 bridgehead atoms. The molecule has 0 N–H and O–H groups in total. The molecular formula is C19H20N4O5. The van der Waals surface area contributed by atoms with Crippen LogP contribution in [0.2, 0.25) is 0 Å². The molecule has 0 aliphatic rings. The standard InChI is InChI=1S/C19H20N4O5/c1-26-13-11-23-17(24)10-9-15(21-23)19(25)27-12-5-8-16-20-18(22-28-16)14-6-3-2-4-7-14/h2-4,6-7,9-10H,5,8,11-13H2,1H3. The average molecular weight is 384 g/mol. The van der Waals surface area contributed by atoms with Gasteiger partial charge in [0.1, 0.15) is 0 Å². The molecule has 0 radical (unpaired) electrons. The molecule has 9 heteroatoms. The summed E-state index contributed by atoms with van der Waals surface area (Å²) >= 11 is 0. The molecule has 3 aromatic rings. The Morgan fingerprint density at radius 1 is 1.14 bits per heavy atom. The molecule has 0 aliphatic heterocycles. The van der Waals surface area contributed by atoms with Crippen molar-refractivity contribution >= 4 is 5.97 Å². The predicted molar refractivity (Wildman–Crippen MR) is 98.7 cm³/mol. The first-order chi connectivity index (χ1) is 13.7. The lowest BCUT2D eigenvalue weighted by atomic mass is 10.2. The van der Waals surface area contributed by atoms with Crippen LogP contribution in [-0.4, -0.2) is 46.2 Å². The third-order valence-corrected chi connectivity index (χ3v) is 3.85. The summed E-state index contributed by atoms with van der Waals surface area (Å²) in [7, 11) is 1.52. The second-order valence-corrected chi connectivity index (χ2v) is 5.89. The highest BCUT2D eigenvalue weighted by molar-refractivity contribution is 5.86. The van der Waals surface area contributed by atoms with Gasteiger partial charge in [-0.25, -0.2) is 9.48 Å². The molecule has 9 nitrogen and oxygen atoms in total. The van der Waals surface area contributed by atoms with Crippen molar-refractivity contribution in [2.75, 3.05) is 20.3 Å². The number of hydrogen-bond acceptors (Lipinski definition) is 8.